The molecule has 0 atom stereocenters. The van der Waals surface area contributed by atoms with Crippen LogP contribution in [0.3, 0.4) is 0 Å². The smallest absolute Gasteiger partial charge is 0.169 e. The number of aryl methyl sites for hydroxylation is 3. The number of fused-ring (bicyclic) bond motifs is 1. The molecule has 0 saturated heterocycles. The van der Waals surface area contributed by atoms with Crippen molar-refractivity contribution < 1.29 is 9.13 Å². The fourth-order valence-corrected chi connectivity index (χ4v) is 3.25. The third-order valence-electron chi connectivity index (χ3n) is 4.70. The van der Waals surface area contributed by atoms with Gasteiger partial charge < -0.3 is 4.57 Å². The van der Waals surface area contributed by atoms with Crippen molar-refractivity contribution >= 4 is 10.9 Å². The Bertz CT molecular complexity index is 966. The van der Waals surface area contributed by atoms with Crippen LogP contribution < -0.4 is 9.13 Å². The number of hydrogen-bond donors (Lipinski definition) is 0. The molecule has 0 unspecified atom stereocenters. The molecule has 3 nitrogen and oxygen atoms in total. The minimum atomic E-state index is 1.02. The highest BCUT2D eigenvalue weighted by atomic mass is 15.0. The Morgan fingerprint density at radius 3 is 2.24 bits per heavy atom. The van der Waals surface area contributed by atoms with Gasteiger partial charge in [-0.15, -0.1) is 0 Å². The van der Waals surface area contributed by atoms with Crippen LogP contribution in [0.2, 0.25) is 0 Å². The molecule has 0 radical (unpaired) electrons. The highest BCUT2D eigenvalue weighted by molar-refractivity contribution is 5.79. The summed E-state index contributed by atoms with van der Waals surface area (Å²) in [4.78, 5) is 0. The van der Waals surface area contributed by atoms with E-state index in [1.165, 1.54) is 22.0 Å². The molecule has 3 heterocycles. The third kappa shape index (κ3) is 3.45. The van der Waals surface area contributed by atoms with Crippen LogP contribution in [-0.2, 0) is 20.1 Å². The first-order chi connectivity index (χ1) is 12.3. The quantitative estimate of drug-likeness (QED) is 0.497. The van der Waals surface area contributed by atoms with Crippen LogP contribution in [0.15, 0.2) is 85.6 Å². The molecular weight excluding hydrogens is 306 g/mol. The Hall–Kier alpha value is -2.94. The van der Waals surface area contributed by atoms with Gasteiger partial charge in [-0.25, -0.2) is 9.13 Å². The molecule has 25 heavy (non-hydrogen) atoms. The zero-order valence-electron chi connectivity index (χ0n) is 14.5. The number of para-hydroxylation sites is 1. The van der Waals surface area contributed by atoms with Gasteiger partial charge in [0.2, 0.25) is 0 Å². The zero-order valence-corrected chi connectivity index (χ0v) is 14.5. The molecule has 0 aliphatic heterocycles. The molecule has 3 heteroatoms. The van der Waals surface area contributed by atoms with Crippen molar-refractivity contribution in [2.75, 3.05) is 0 Å². The van der Waals surface area contributed by atoms with E-state index in [1.807, 2.05) is 7.05 Å². The van der Waals surface area contributed by atoms with E-state index in [0.717, 1.165) is 19.5 Å². The van der Waals surface area contributed by atoms with Crippen LogP contribution >= 0.6 is 0 Å². The normalized spacial score (nSPS) is 11.1. The Morgan fingerprint density at radius 2 is 1.48 bits per heavy atom. The second-order valence-electron chi connectivity index (χ2n) is 6.50. The summed E-state index contributed by atoms with van der Waals surface area (Å²) in [5, 5.41) is 1.32. The van der Waals surface area contributed by atoms with Gasteiger partial charge in [-0.3, -0.25) is 0 Å². The predicted molar refractivity (Wildman–Crippen MR) is 99.8 cm³/mol. The summed E-state index contributed by atoms with van der Waals surface area (Å²) < 4.78 is 6.66. The van der Waals surface area contributed by atoms with Gasteiger partial charge in [0.05, 0.1) is 0 Å². The minimum Gasteiger partial charge on any atom is -0.347 e. The second kappa shape index (κ2) is 6.89. The maximum atomic E-state index is 2.34. The standard InChI is InChI=1S/C22H23N3/c1-23-14-7-19(8-15-23)20-9-16-24(17-10-20)12-4-13-25-18-11-21-5-2-3-6-22(21)25/h2-3,5-11,14-18H,4,12-13H2,1H3/q+2. The minimum absolute atomic E-state index is 1.02. The Labute approximate surface area is 148 Å². The molecule has 1 aromatic carbocycles. The van der Waals surface area contributed by atoms with E-state index in [4.69, 9.17) is 0 Å². The topological polar surface area (TPSA) is 12.7 Å². The van der Waals surface area contributed by atoms with Crippen molar-refractivity contribution in [2.45, 2.75) is 19.5 Å². The second-order valence-corrected chi connectivity index (χ2v) is 6.50. The highest BCUT2D eigenvalue weighted by Crippen LogP contribution is 2.16. The monoisotopic (exact) mass is 329 g/mol. The molecule has 0 saturated carbocycles. The van der Waals surface area contributed by atoms with E-state index in [2.05, 4.69) is 99.3 Å². The molecular formula is C22H23N3+2. The molecule has 0 aliphatic rings. The largest absolute Gasteiger partial charge is 0.347 e. The van der Waals surface area contributed by atoms with Gasteiger partial charge in [-0.05, 0) is 28.6 Å². The summed E-state index contributed by atoms with van der Waals surface area (Å²) in [6, 6.07) is 19.4. The lowest BCUT2D eigenvalue weighted by Crippen LogP contribution is -2.33. The number of nitrogens with zero attached hydrogens (tertiary/aromatic N) is 3. The van der Waals surface area contributed by atoms with Gasteiger partial charge in [0.15, 0.2) is 24.8 Å². The maximum absolute atomic E-state index is 2.34. The predicted octanol–water partition coefficient (Wildman–Crippen LogP) is 3.51. The average Bonchev–Trinajstić information content (AvgIpc) is 3.06. The number of aromatic nitrogens is 3. The number of pyridine rings is 2. The van der Waals surface area contributed by atoms with Gasteiger partial charge in [0.25, 0.3) is 0 Å². The van der Waals surface area contributed by atoms with Crippen molar-refractivity contribution in [1.82, 2.24) is 4.57 Å². The lowest BCUT2D eigenvalue weighted by molar-refractivity contribution is -0.697. The van der Waals surface area contributed by atoms with E-state index in [9.17, 15) is 0 Å². The Balaban J connectivity index is 1.39. The zero-order chi connectivity index (χ0) is 17.1. The van der Waals surface area contributed by atoms with E-state index in [1.54, 1.807) is 0 Å². The van der Waals surface area contributed by atoms with Crippen LogP contribution in [0.5, 0.6) is 0 Å². The van der Waals surface area contributed by atoms with Crippen LogP contribution in [0.4, 0.5) is 0 Å². The summed E-state index contributed by atoms with van der Waals surface area (Å²) in [6.07, 6.45) is 11.8. The van der Waals surface area contributed by atoms with E-state index in [0.29, 0.717) is 0 Å². The van der Waals surface area contributed by atoms with Gasteiger partial charge in [-0.2, -0.15) is 0 Å². The summed E-state index contributed by atoms with van der Waals surface area (Å²) in [5.74, 6) is 0. The lowest BCUT2D eigenvalue weighted by atomic mass is 10.1. The molecule has 0 spiro atoms. The highest BCUT2D eigenvalue weighted by Gasteiger charge is 2.05. The summed E-state index contributed by atoms with van der Waals surface area (Å²) in [7, 11) is 2.04. The fraction of sp³-hybridized carbons (Fsp3) is 0.182. The van der Waals surface area contributed by atoms with Crippen molar-refractivity contribution in [3.63, 3.8) is 0 Å². The Kier molecular flexibility index (Phi) is 4.30. The average molecular weight is 329 g/mol. The lowest BCUT2D eigenvalue weighted by Gasteiger charge is -2.04. The number of benzene rings is 1. The number of rotatable bonds is 5. The molecule has 0 bridgehead atoms. The van der Waals surface area contributed by atoms with Gasteiger partial charge >= 0.3 is 0 Å². The first-order valence-corrected chi connectivity index (χ1v) is 8.78. The Morgan fingerprint density at radius 1 is 0.800 bits per heavy atom. The molecule has 124 valence electrons. The number of hydrogen-bond acceptors (Lipinski definition) is 0. The maximum Gasteiger partial charge on any atom is 0.169 e. The van der Waals surface area contributed by atoms with Crippen molar-refractivity contribution in [2.24, 2.45) is 7.05 Å². The van der Waals surface area contributed by atoms with Crippen LogP contribution in [0, 0.1) is 0 Å². The fourth-order valence-electron chi connectivity index (χ4n) is 3.25. The van der Waals surface area contributed by atoms with E-state index >= 15 is 0 Å². The van der Waals surface area contributed by atoms with Crippen LogP contribution in [0.1, 0.15) is 6.42 Å². The molecule has 0 N–H and O–H groups in total. The van der Waals surface area contributed by atoms with Gasteiger partial charge in [0, 0.05) is 48.9 Å². The molecule has 4 aromatic rings. The van der Waals surface area contributed by atoms with Gasteiger partial charge in [0.1, 0.15) is 13.6 Å². The first-order valence-electron chi connectivity index (χ1n) is 8.78. The van der Waals surface area contributed by atoms with Crippen LogP contribution in [-0.4, -0.2) is 4.57 Å². The summed E-state index contributed by atoms with van der Waals surface area (Å²) in [6.45, 7) is 2.06. The van der Waals surface area contributed by atoms with Crippen molar-refractivity contribution in [3.8, 4) is 11.1 Å². The SMILES string of the molecule is C[n+]1ccc(-c2cc[n+](CCCn3ccc4ccccc43)cc2)cc1. The van der Waals surface area contributed by atoms with Crippen LogP contribution in [0.25, 0.3) is 22.0 Å². The molecule has 0 aliphatic carbocycles. The third-order valence-corrected chi connectivity index (χ3v) is 4.70. The molecule has 4 rings (SSSR count). The molecule has 0 amide bonds. The molecule has 3 aromatic heterocycles. The van der Waals surface area contributed by atoms with E-state index < -0.39 is 0 Å². The van der Waals surface area contributed by atoms with Crippen molar-refractivity contribution in [3.05, 3.63) is 85.6 Å². The molecule has 0 fully saturated rings. The summed E-state index contributed by atoms with van der Waals surface area (Å²) >= 11 is 0. The van der Waals surface area contributed by atoms with Crippen molar-refractivity contribution in [1.29, 1.82) is 0 Å². The first kappa shape index (κ1) is 15.6. The van der Waals surface area contributed by atoms with Gasteiger partial charge in [-0.1, -0.05) is 18.2 Å². The van der Waals surface area contributed by atoms with E-state index in [-0.39, 0.29) is 0 Å². The summed E-state index contributed by atoms with van der Waals surface area (Å²) in [5.41, 5.74) is 3.83.